The number of thiophene rings is 1. The number of anilines is 1. The Labute approximate surface area is 122 Å². The zero-order chi connectivity index (χ0) is 14.5. The largest absolute Gasteiger partial charge is 0.337 e. The van der Waals surface area contributed by atoms with Gasteiger partial charge in [-0.15, -0.1) is 0 Å². The van der Waals surface area contributed by atoms with E-state index in [-0.39, 0.29) is 11.8 Å². The van der Waals surface area contributed by atoms with Gasteiger partial charge in [-0.2, -0.15) is 11.3 Å². The first kappa shape index (κ1) is 14.3. The maximum Gasteiger partial charge on any atom is 0.253 e. The predicted octanol–water partition coefficient (Wildman–Crippen LogP) is 2.98. The Bertz CT molecular complexity index is 608. The number of hydrogen-bond donors (Lipinski definition) is 1. The summed E-state index contributed by atoms with van der Waals surface area (Å²) >= 11 is 1.61. The molecule has 0 aliphatic carbocycles. The van der Waals surface area contributed by atoms with Crippen LogP contribution in [0.15, 0.2) is 41.1 Å². The molecule has 1 N–H and O–H groups in total. The van der Waals surface area contributed by atoms with Gasteiger partial charge in [0.2, 0.25) is 5.91 Å². The quantitative estimate of drug-likeness (QED) is 0.940. The highest BCUT2D eigenvalue weighted by atomic mass is 32.1. The molecule has 0 saturated carbocycles. The third kappa shape index (κ3) is 3.68. The second-order valence-electron chi connectivity index (χ2n) is 4.55. The third-order valence-corrected chi connectivity index (χ3v) is 3.51. The molecule has 0 aliphatic heterocycles. The standard InChI is InChI=1S/C15H16N2O2S/c1-11(18)16-14-5-3-4-13(8-14)15(19)17(2)9-12-6-7-20-10-12/h3-8,10H,9H2,1-2H3,(H,16,18). The van der Waals surface area contributed by atoms with Gasteiger partial charge in [-0.05, 0) is 40.6 Å². The molecule has 1 heterocycles. The van der Waals surface area contributed by atoms with E-state index < -0.39 is 0 Å². The monoisotopic (exact) mass is 288 g/mol. The first-order valence-electron chi connectivity index (χ1n) is 6.20. The second kappa shape index (κ2) is 6.34. The molecule has 0 spiro atoms. The van der Waals surface area contributed by atoms with Gasteiger partial charge in [0.25, 0.3) is 5.91 Å². The highest BCUT2D eigenvalue weighted by Crippen LogP contribution is 2.14. The van der Waals surface area contributed by atoms with Crippen LogP contribution in [0.25, 0.3) is 0 Å². The van der Waals surface area contributed by atoms with Gasteiger partial charge in [0.1, 0.15) is 0 Å². The van der Waals surface area contributed by atoms with Gasteiger partial charge in [-0.25, -0.2) is 0 Å². The average Bonchev–Trinajstić information content (AvgIpc) is 2.90. The SMILES string of the molecule is CC(=O)Nc1cccc(C(=O)N(C)Cc2ccsc2)c1. The van der Waals surface area contributed by atoms with Gasteiger partial charge < -0.3 is 10.2 Å². The number of nitrogens with one attached hydrogen (secondary N) is 1. The fraction of sp³-hybridized carbons (Fsp3) is 0.200. The average molecular weight is 288 g/mol. The minimum atomic E-state index is -0.152. The van der Waals surface area contributed by atoms with Crippen molar-refractivity contribution in [1.29, 1.82) is 0 Å². The summed E-state index contributed by atoms with van der Waals surface area (Å²) in [5.41, 5.74) is 2.31. The number of carbonyl (C=O) groups excluding carboxylic acids is 2. The number of nitrogens with zero attached hydrogens (tertiary/aromatic N) is 1. The molecule has 0 saturated heterocycles. The molecule has 2 aromatic rings. The summed E-state index contributed by atoms with van der Waals surface area (Å²) in [5.74, 6) is -0.218. The first-order valence-corrected chi connectivity index (χ1v) is 7.15. The second-order valence-corrected chi connectivity index (χ2v) is 5.33. The van der Waals surface area contributed by atoms with Crippen LogP contribution in [-0.2, 0) is 11.3 Å². The van der Waals surface area contributed by atoms with Gasteiger partial charge in [0.05, 0.1) is 0 Å². The number of hydrogen-bond acceptors (Lipinski definition) is 3. The molecule has 4 nitrogen and oxygen atoms in total. The predicted molar refractivity (Wildman–Crippen MR) is 80.9 cm³/mol. The fourth-order valence-electron chi connectivity index (χ4n) is 1.88. The van der Waals surface area contributed by atoms with Crippen molar-refractivity contribution in [2.24, 2.45) is 0 Å². The van der Waals surface area contributed by atoms with Crippen molar-refractivity contribution in [2.45, 2.75) is 13.5 Å². The van der Waals surface area contributed by atoms with Crippen LogP contribution >= 0.6 is 11.3 Å². The topological polar surface area (TPSA) is 49.4 Å². The molecule has 5 heteroatoms. The summed E-state index contributed by atoms with van der Waals surface area (Å²) in [6, 6.07) is 8.96. The van der Waals surface area contributed by atoms with Gasteiger partial charge in [-0.3, -0.25) is 9.59 Å². The third-order valence-electron chi connectivity index (χ3n) is 2.78. The summed E-state index contributed by atoms with van der Waals surface area (Å²) in [4.78, 5) is 25.0. The number of rotatable bonds is 4. The lowest BCUT2D eigenvalue weighted by atomic mass is 10.1. The molecular weight excluding hydrogens is 272 g/mol. The number of carbonyl (C=O) groups is 2. The highest BCUT2D eigenvalue weighted by molar-refractivity contribution is 7.07. The van der Waals surface area contributed by atoms with E-state index in [1.807, 2.05) is 16.8 Å². The Kier molecular flexibility index (Phi) is 4.53. The lowest BCUT2D eigenvalue weighted by Crippen LogP contribution is -2.26. The van der Waals surface area contributed by atoms with E-state index in [2.05, 4.69) is 5.32 Å². The van der Waals surface area contributed by atoms with Crippen molar-refractivity contribution in [3.05, 3.63) is 52.2 Å². The van der Waals surface area contributed by atoms with E-state index in [1.165, 1.54) is 6.92 Å². The lowest BCUT2D eigenvalue weighted by Gasteiger charge is -2.17. The van der Waals surface area contributed by atoms with Crippen molar-refractivity contribution < 1.29 is 9.59 Å². The summed E-state index contributed by atoms with van der Waals surface area (Å²) < 4.78 is 0. The maximum absolute atomic E-state index is 12.3. The molecule has 104 valence electrons. The van der Waals surface area contributed by atoms with Crippen LogP contribution in [0.1, 0.15) is 22.8 Å². The Morgan fingerprint density at radius 1 is 1.30 bits per heavy atom. The van der Waals surface area contributed by atoms with E-state index in [0.717, 1.165) is 5.56 Å². The van der Waals surface area contributed by atoms with E-state index in [1.54, 1.807) is 47.5 Å². The van der Waals surface area contributed by atoms with E-state index >= 15 is 0 Å². The van der Waals surface area contributed by atoms with Crippen LogP contribution in [0.5, 0.6) is 0 Å². The minimum absolute atomic E-state index is 0.0663. The van der Waals surface area contributed by atoms with Crippen LogP contribution in [0.2, 0.25) is 0 Å². The summed E-state index contributed by atoms with van der Waals surface area (Å²) in [6.07, 6.45) is 0. The molecule has 0 bridgehead atoms. The number of amides is 2. The van der Waals surface area contributed by atoms with E-state index in [0.29, 0.717) is 17.8 Å². The molecule has 1 aromatic heterocycles. The molecule has 0 unspecified atom stereocenters. The molecule has 1 aromatic carbocycles. The molecule has 0 radical (unpaired) electrons. The van der Waals surface area contributed by atoms with E-state index in [9.17, 15) is 9.59 Å². The Morgan fingerprint density at radius 2 is 2.10 bits per heavy atom. The van der Waals surface area contributed by atoms with Crippen LogP contribution in [0.4, 0.5) is 5.69 Å². The Morgan fingerprint density at radius 3 is 2.75 bits per heavy atom. The lowest BCUT2D eigenvalue weighted by molar-refractivity contribution is -0.114. The summed E-state index contributed by atoms with van der Waals surface area (Å²) in [7, 11) is 1.77. The Balaban J connectivity index is 2.10. The zero-order valence-corrected chi connectivity index (χ0v) is 12.2. The smallest absolute Gasteiger partial charge is 0.253 e. The van der Waals surface area contributed by atoms with Gasteiger partial charge >= 0.3 is 0 Å². The molecule has 2 rings (SSSR count). The molecule has 2 amide bonds. The molecule has 0 atom stereocenters. The van der Waals surface area contributed by atoms with Crippen molar-refractivity contribution in [3.8, 4) is 0 Å². The van der Waals surface area contributed by atoms with Crippen LogP contribution in [0.3, 0.4) is 0 Å². The normalized spacial score (nSPS) is 10.1. The van der Waals surface area contributed by atoms with Crippen molar-refractivity contribution in [1.82, 2.24) is 4.90 Å². The molecule has 0 fully saturated rings. The zero-order valence-electron chi connectivity index (χ0n) is 11.4. The Hall–Kier alpha value is -2.14. The fourth-order valence-corrected chi connectivity index (χ4v) is 2.54. The van der Waals surface area contributed by atoms with Gasteiger partial charge in [0.15, 0.2) is 0 Å². The highest BCUT2D eigenvalue weighted by Gasteiger charge is 2.12. The van der Waals surface area contributed by atoms with Gasteiger partial charge in [0, 0.05) is 31.8 Å². The number of benzene rings is 1. The van der Waals surface area contributed by atoms with Crippen molar-refractivity contribution in [3.63, 3.8) is 0 Å². The first-order chi connectivity index (χ1) is 9.56. The van der Waals surface area contributed by atoms with Crippen molar-refractivity contribution >= 4 is 28.8 Å². The minimum Gasteiger partial charge on any atom is -0.337 e. The maximum atomic E-state index is 12.3. The molecule has 20 heavy (non-hydrogen) atoms. The molecule has 0 aliphatic rings. The summed E-state index contributed by atoms with van der Waals surface area (Å²) in [6.45, 7) is 2.02. The molecular formula is C15H16N2O2S. The van der Waals surface area contributed by atoms with E-state index in [4.69, 9.17) is 0 Å². The van der Waals surface area contributed by atoms with Crippen molar-refractivity contribution in [2.75, 3.05) is 12.4 Å². The van der Waals surface area contributed by atoms with Crippen LogP contribution in [-0.4, -0.2) is 23.8 Å². The van der Waals surface area contributed by atoms with Crippen LogP contribution in [0, 0.1) is 0 Å². The van der Waals surface area contributed by atoms with Crippen LogP contribution < -0.4 is 5.32 Å². The van der Waals surface area contributed by atoms with Gasteiger partial charge in [-0.1, -0.05) is 6.07 Å². The summed E-state index contributed by atoms with van der Waals surface area (Å²) in [5, 5.41) is 6.69.